The van der Waals surface area contributed by atoms with Gasteiger partial charge in [-0.3, -0.25) is 71.2 Å². The lowest BCUT2D eigenvalue weighted by Crippen LogP contribution is -2.43. The molecule has 0 heterocycles. The Bertz CT molecular complexity index is 2000. The van der Waals surface area contributed by atoms with E-state index in [1.807, 2.05) is 0 Å². The van der Waals surface area contributed by atoms with Crippen molar-refractivity contribution in [3.63, 3.8) is 0 Å². The fourth-order valence-corrected chi connectivity index (χ4v) is 14.5. The second kappa shape index (κ2) is 59.6. The zero-order valence-electron chi connectivity index (χ0n) is 46.4. The Kier molecular flexibility index (Phi) is 70.7. The van der Waals surface area contributed by atoms with Crippen molar-refractivity contribution in [2.45, 2.75) is 118 Å². The third kappa shape index (κ3) is 36.4. The summed E-state index contributed by atoms with van der Waals surface area (Å²) in [6.07, 6.45) is -0.0199. The molecule has 510 valence electrons. The van der Waals surface area contributed by atoms with E-state index in [1.54, 1.807) is 0 Å². The minimum absolute atomic E-state index is 0. The summed E-state index contributed by atoms with van der Waals surface area (Å²) in [5.41, 5.74) is -6.92. The van der Waals surface area contributed by atoms with Crippen molar-refractivity contribution in [1.82, 2.24) is 0 Å². The van der Waals surface area contributed by atoms with Crippen molar-refractivity contribution in [1.29, 1.82) is 0 Å². The molecule has 10 unspecified atom stereocenters. The molecule has 0 rings (SSSR count). The molecule has 0 fully saturated rings. The Balaban J connectivity index is -0.000000112. The highest BCUT2D eigenvalue weighted by Gasteiger charge is 2.57. The topological polar surface area (TPSA) is 430 Å². The summed E-state index contributed by atoms with van der Waals surface area (Å²) < 4.78 is 129. The molecule has 0 radical (unpaired) electrons. The van der Waals surface area contributed by atoms with Crippen molar-refractivity contribution in [3.05, 3.63) is 0 Å². The number of esters is 6. The third-order valence-electron chi connectivity index (χ3n) is 10.7. The summed E-state index contributed by atoms with van der Waals surface area (Å²) in [4.78, 5) is 132. The second-order valence-electron chi connectivity index (χ2n) is 14.9. The van der Waals surface area contributed by atoms with Gasteiger partial charge in [0.2, 0.25) is 20.4 Å². The first kappa shape index (κ1) is 102. The zero-order chi connectivity index (χ0) is 62.5. The highest BCUT2D eigenvalue weighted by Crippen LogP contribution is 2.61. The van der Waals surface area contributed by atoms with Crippen LogP contribution in [0.1, 0.15) is 84.1 Å². The molecule has 0 N–H and O–H groups in total. The maximum Gasteiger partial charge on any atom is 0.514 e. The van der Waals surface area contributed by atoms with Crippen molar-refractivity contribution >= 4 is 105 Å². The van der Waals surface area contributed by atoms with E-state index in [0.29, 0.717) is 12.9 Å². The van der Waals surface area contributed by atoms with Crippen LogP contribution in [0.25, 0.3) is 0 Å². The molecule has 0 aromatic heterocycles. The van der Waals surface area contributed by atoms with Gasteiger partial charge >= 0.3 is 51.4 Å². The molecule has 0 spiro atoms. The SMILES string of the molecule is C.C.C.C.C.C.COC(=O)C(C)C(C(=O)OC)P(=O)(OC)C(C(=O)OC)C(C)C(=O)OC.COC(=O)CC(C(=O)OC)P(=O)(OC)C(CCOC=O)COC=O.COP(=O)(OC)C(CCOC=O)COC=O.CO[P+](=O)C(CCOC=O)COC=O. The van der Waals surface area contributed by atoms with Crippen LogP contribution in [-0.2, 0) is 155 Å². The van der Waals surface area contributed by atoms with E-state index in [4.69, 9.17) is 18.1 Å². The lowest BCUT2D eigenvalue weighted by atomic mass is 10.1. The number of hydrogen-bond donors (Lipinski definition) is 0. The van der Waals surface area contributed by atoms with Gasteiger partial charge in [0.1, 0.15) is 36.8 Å². The third-order valence-corrected chi connectivity index (χ3v) is 21.1. The van der Waals surface area contributed by atoms with Gasteiger partial charge in [-0.2, -0.15) is 0 Å². The van der Waals surface area contributed by atoms with Crippen LogP contribution in [0, 0.1) is 11.8 Å². The number of carbonyl (C=O) groups is 12. The van der Waals surface area contributed by atoms with Crippen LogP contribution >= 0.6 is 30.4 Å². The van der Waals surface area contributed by atoms with Gasteiger partial charge in [0.15, 0.2) is 0 Å². The molecule has 0 saturated carbocycles. The molecule has 0 aliphatic carbocycles. The summed E-state index contributed by atoms with van der Waals surface area (Å²) in [5.74, 6) is -8.14. The Morgan fingerprint density at radius 1 is 0.407 bits per heavy atom. The second-order valence-corrected chi connectivity index (χ2v) is 24.9. The van der Waals surface area contributed by atoms with Crippen molar-refractivity contribution < 1.29 is 155 Å². The van der Waals surface area contributed by atoms with Gasteiger partial charge in [0, 0.05) is 34.9 Å². The quantitative estimate of drug-likeness (QED) is 0.0236. The van der Waals surface area contributed by atoms with Gasteiger partial charge < -0.3 is 74.9 Å². The van der Waals surface area contributed by atoms with Crippen LogP contribution in [0.15, 0.2) is 0 Å². The maximum atomic E-state index is 13.7. The molecule has 0 aliphatic rings. The van der Waals surface area contributed by atoms with Crippen molar-refractivity contribution in [2.75, 3.05) is 118 Å². The maximum absolute atomic E-state index is 13.7. The fraction of sp³-hybridized carbons (Fsp3) is 0.755. The summed E-state index contributed by atoms with van der Waals surface area (Å²) in [6.45, 7) is 3.53. The minimum Gasteiger partial charge on any atom is -0.469 e. The van der Waals surface area contributed by atoms with Crippen LogP contribution < -0.4 is 0 Å². The normalized spacial score (nSPS) is 14.1. The van der Waals surface area contributed by atoms with Crippen molar-refractivity contribution in [2.24, 2.45) is 11.8 Å². The minimum atomic E-state index is -4.36. The van der Waals surface area contributed by atoms with E-state index in [-0.39, 0.29) is 129 Å². The van der Waals surface area contributed by atoms with Crippen LogP contribution in [-0.4, -0.2) is 226 Å². The highest BCUT2D eigenvalue weighted by atomic mass is 31.2. The molecule has 0 aromatic carbocycles. The number of hydrogen-bond acceptors (Lipinski definition) is 33. The lowest BCUT2D eigenvalue weighted by molar-refractivity contribution is -0.152. The predicted molar refractivity (Wildman–Crippen MR) is 310 cm³/mol. The molecule has 0 aliphatic heterocycles. The smallest absolute Gasteiger partial charge is 0.469 e. The Morgan fingerprint density at radius 2 is 0.733 bits per heavy atom. The Labute approximate surface area is 506 Å². The first-order valence-corrected chi connectivity index (χ1v) is 29.1. The molecular formula is C49H97O33P4+. The summed E-state index contributed by atoms with van der Waals surface area (Å²) >= 11 is 0. The number of ether oxygens (including phenoxy) is 12. The van der Waals surface area contributed by atoms with E-state index in [1.165, 1.54) is 35.2 Å². The van der Waals surface area contributed by atoms with Gasteiger partial charge in [0.25, 0.3) is 38.8 Å². The monoisotopic (exact) mass is 1340 g/mol. The molecule has 10 atom stereocenters. The summed E-state index contributed by atoms with van der Waals surface area (Å²) in [5, 5.41) is 0. The van der Waals surface area contributed by atoms with Gasteiger partial charge in [-0.15, -0.1) is 4.52 Å². The number of carbonyl (C=O) groups excluding carboxylic acids is 12. The number of methoxy groups -OCH3 is 6. The van der Waals surface area contributed by atoms with Crippen molar-refractivity contribution in [3.8, 4) is 0 Å². The van der Waals surface area contributed by atoms with Crippen LogP contribution in [0.3, 0.4) is 0 Å². The van der Waals surface area contributed by atoms with Gasteiger partial charge in [-0.05, 0) is 17.4 Å². The molecule has 86 heavy (non-hydrogen) atoms. The van der Waals surface area contributed by atoms with Crippen LogP contribution in [0.4, 0.5) is 0 Å². The molecule has 0 aromatic rings. The van der Waals surface area contributed by atoms with Gasteiger partial charge in [-0.25, -0.2) is 0 Å². The molecule has 0 amide bonds. The predicted octanol–water partition coefficient (Wildman–Crippen LogP) is 5.61. The van der Waals surface area contributed by atoms with Gasteiger partial charge in [-0.1, -0.05) is 58.4 Å². The summed E-state index contributed by atoms with van der Waals surface area (Å²) in [6, 6.07) is 0. The molecule has 37 heteroatoms. The average molecular weight is 1340 g/mol. The first-order valence-electron chi connectivity index (χ1n) is 22.7. The molecule has 0 saturated heterocycles. The largest absolute Gasteiger partial charge is 0.514 e. The van der Waals surface area contributed by atoms with E-state index < -0.39 is 118 Å². The lowest BCUT2D eigenvalue weighted by Gasteiger charge is -2.33. The average Bonchev–Trinajstić information content (AvgIpc) is 3.67. The first-order chi connectivity index (χ1) is 37.9. The summed E-state index contributed by atoms with van der Waals surface area (Å²) in [7, 11) is -1.23. The zero-order valence-corrected chi connectivity index (χ0v) is 50.0. The van der Waals surface area contributed by atoms with E-state index >= 15 is 0 Å². The molecular weight excluding hydrogens is 1240 g/mol. The van der Waals surface area contributed by atoms with Crippen LogP contribution in [0.5, 0.6) is 0 Å². The molecule has 0 bridgehead atoms. The van der Waals surface area contributed by atoms with Crippen LogP contribution in [0.2, 0.25) is 0 Å². The van der Waals surface area contributed by atoms with E-state index in [9.17, 15) is 75.8 Å². The molecule has 33 nitrogen and oxygen atoms in total. The Hall–Kier alpha value is -5.77. The Morgan fingerprint density at radius 3 is 1.03 bits per heavy atom. The van der Waals surface area contributed by atoms with E-state index in [2.05, 4.69) is 61.4 Å². The highest BCUT2D eigenvalue weighted by molar-refractivity contribution is 7.62. The standard InChI is InChI=1S/C15H25O10P.C13H21O10P.C8H15O7P.C7H12O6P.6CH4/c1-8(12(16)21-3)10(14(18)23-5)26(20,25-7)11(15(19)24-6)9(2)13(17)22-4;1-19-12(16)6-11(13(17)20-2)24(18,21-3)10(7-23-9-15)4-5-22-8-14;1-12-16(11,13-2)8(5-15-7-10)3-4-14-6-9;1-11-14(10)7(4-13-6-9)2-3-12-5-8;;;;;;/h8-11H,1-7H3;8-11H,4-7H2,1-3H3;6-8H,3-5H2,1-2H3;5-7H,2-4H2,1H3;6*1H4/q;;;+1;;;;;;. The fourth-order valence-electron chi connectivity index (χ4n) is 6.54. The number of rotatable bonds is 41. The van der Waals surface area contributed by atoms with Gasteiger partial charge in [0.05, 0.1) is 99.2 Å². The van der Waals surface area contributed by atoms with E-state index in [0.717, 1.165) is 56.9 Å².